The highest BCUT2D eigenvalue weighted by molar-refractivity contribution is 8.14. The molecule has 84 valence electrons. The quantitative estimate of drug-likeness (QED) is 0.489. The minimum atomic E-state index is -2.51. The summed E-state index contributed by atoms with van der Waals surface area (Å²) in [7, 11) is 0. The van der Waals surface area contributed by atoms with Gasteiger partial charge in [0.1, 0.15) is 0 Å². The summed E-state index contributed by atoms with van der Waals surface area (Å²) in [5.74, 6) is 0. The molecule has 3 nitrogen and oxygen atoms in total. The minimum absolute atomic E-state index is 0.419. The van der Waals surface area contributed by atoms with Crippen LogP contribution in [0.3, 0.4) is 0 Å². The number of alkyl halides is 3. The molecule has 15 heavy (non-hydrogen) atoms. The normalized spacial score (nSPS) is 13.6. The first-order valence-corrected chi connectivity index (χ1v) is 6.54. The second kappa shape index (κ2) is 5.61. The van der Waals surface area contributed by atoms with Crippen LogP contribution >= 0.6 is 46.8 Å². The van der Waals surface area contributed by atoms with E-state index < -0.39 is 14.4 Å². The maximum absolute atomic E-state index is 10.9. The van der Waals surface area contributed by atoms with Crippen molar-refractivity contribution in [2.45, 2.75) is 3.12 Å². The number of anilines is 1. The third-order valence-electron chi connectivity index (χ3n) is 1.29. The Morgan fingerprint density at radius 1 is 1.27 bits per heavy atom. The highest BCUT2D eigenvalue weighted by Gasteiger charge is 2.26. The number of para-hydroxylation sites is 1. The van der Waals surface area contributed by atoms with Gasteiger partial charge in [-0.05, 0) is 12.1 Å². The summed E-state index contributed by atoms with van der Waals surface area (Å²) in [6, 6.07) is 8.33. The van der Waals surface area contributed by atoms with Crippen LogP contribution in [0.25, 0.3) is 0 Å². The highest BCUT2D eigenvalue weighted by atomic mass is 35.6. The van der Waals surface area contributed by atoms with Crippen molar-refractivity contribution in [1.29, 1.82) is 0 Å². The zero-order chi connectivity index (χ0) is 11.5. The molecule has 0 N–H and O–H groups in total. The zero-order valence-corrected chi connectivity index (χ0v) is 11.0. The molecule has 0 aromatic heterocycles. The Bertz CT molecular complexity index is 344. The molecular formula is C7H5Cl3NO2S2-. The molecule has 1 rings (SSSR count). The molecule has 0 heterocycles. The fourth-order valence-electron chi connectivity index (χ4n) is 0.813. The lowest BCUT2D eigenvalue weighted by Crippen LogP contribution is -2.21. The summed E-state index contributed by atoms with van der Waals surface area (Å²) in [4.78, 5) is 0. The third-order valence-corrected chi connectivity index (χ3v) is 3.56. The average Bonchev–Trinajstić information content (AvgIpc) is 2.14. The van der Waals surface area contributed by atoms with Crippen LogP contribution in [0.1, 0.15) is 0 Å². The molecule has 0 radical (unpaired) electrons. The van der Waals surface area contributed by atoms with Crippen LogP contribution in [0.4, 0.5) is 5.69 Å². The molecule has 1 aromatic carbocycles. The smallest absolute Gasteiger partial charge is 0.257 e. The molecule has 0 aliphatic heterocycles. The Kier molecular flexibility index (Phi) is 5.02. The van der Waals surface area contributed by atoms with Crippen LogP contribution in [0.5, 0.6) is 0 Å². The zero-order valence-electron chi connectivity index (χ0n) is 7.10. The molecule has 0 saturated heterocycles. The Morgan fingerprint density at radius 2 is 1.80 bits per heavy atom. The summed E-state index contributed by atoms with van der Waals surface area (Å²) >= 11 is 14.6. The standard InChI is InChI=1S/C7H6Cl3NO2S2/c8-7(9,10)14-11(15(12)13)6-4-2-1-3-5-6/h1-5H,(H,12,13)/p-1. The first kappa shape index (κ1) is 13.4. The van der Waals surface area contributed by atoms with E-state index in [9.17, 15) is 8.76 Å². The third kappa shape index (κ3) is 4.80. The molecule has 0 aliphatic rings. The van der Waals surface area contributed by atoms with E-state index in [1.807, 2.05) is 0 Å². The van der Waals surface area contributed by atoms with Gasteiger partial charge >= 0.3 is 0 Å². The number of nitrogens with zero attached hydrogens (tertiary/aromatic N) is 1. The number of hydrogen-bond donors (Lipinski definition) is 0. The van der Waals surface area contributed by atoms with Crippen molar-refractivity contribution in [1.82, 2.24) is 0 Å². The highest BCUT2D eigenvalue weighted by Crippen LogP contribution is 2.43. The lowest BCUT2D eigenvalue weighted by Gasteiger charge is -2.27. The second-order valence-electron chi connectivity index (χ2n) is 2.35. The van der Waals surface area contributed by atoms with E-state index in [1.165, 1.54) is 0 Å². The van der Waals surface area contributed by atoms with Crippen molar-refractivity contribution in [3.8, 4) is 0 Å². The maximum atomic E-state index is 10.9. The summed E-state index contributed by atoms with van der Waals surface area (Å²) in [5.41, 5.74) is 0.419. The largest absolute Gasteiger partial charge is 0.754 e. The van der Waals surface area contributed by atoms with E-state index in [4.69, 9.17) is 34.8 Å². The lowest BCUT2D eigenvalue weighted by molar-refractivity contribution is 0.539. The van der Waals surface area contributed by atoms with Crippen molar-refractivity contribution in [2.75, 3.05) is 3.71 Å². The monoisotopic (exact) mass is 304 g/mol. The molecule has 0 fully saturated rings. The summed E-state index contributed by atoms with van der Waals surface area (Å²) in [6.07, 6.45) is 0. The van der Waals surface area contributed by atoms with Crippen molar-refractivity contribution in [2.24, 2.45) is 0 Å². The predicted octanol–water partition coefficient (Wildman–Crippen LogP) is 3.26. The maximum Gasteiger partial charge on any atom is 0.257 e. The fraction of sp³-hybridized carbons (Fsp3) is 0.143. The molecule has 1 unspecified atom stereocenters. The van der Waals surface area contributed by atoms with Gasteiger partial charge in [0.25, 0.3) is 3.12 Å². The van der Waals surface area contributed by atoms with Crippen LogP contribution in [0, 0.1) is 0 Å². The van der Waals surface area contributed by atoms with Gasteiger partial charge < -0.3 is 4.55 Å². The van der Waals surface area contributed by atoms with Gasteiger partial charge in [-0.25, -0.2) is 3.71 Å². The number of halogens is 3. The van der Waals surface area contributed by atoms with Gasteiger partial charge in [-0.2, -0.15) is 0 Å². The molecule has 1 atom stereocenters. The van der Waals surface area contributed by atoms with Gasteiger partial charge in [-0.1, -0.05) is 53.0 Å². The van der Waals surface area contributed by atoms with Crippen molar-refractivity contribution in [3.05, 3.63) is 30.3 Å². The van der Waals surface area contributed by atoms with Crippen LogP contribution in [-0.2, 0) is 11.3 Å². The van der Waals surface area contributed by atoms with E-state index in [0.717, 1.165) is 3.71 Å². The van der Waals surface area contributed by atoms with Crippen molar-refractivity contribution >= 4 is 63.7 Å². The summed E-state index contributed by atoms with van der Waals surface area (Å²) in [5, 5.41) is 0. The number of hydrogen-bond acceptors (Lipinski definition) is 3. The van der Waals surface area contributed by atoms with E-state index in [1.54, 1.807) is 30.3 Å². The average molecular weight is 306 g/mol. The fourth-order valence-corrected chi connectivity index (χ4v) is 3.09. The number of rotatable bonds is 3. The van der Waals surface area contributed by atoms with Gasteiger partial charge in [0.2, 0.25) is 0 Å². The van der Waals surface area contributed by atoms with Crippen LogP contribution in [0.15, 0.2) is 30.3 Å². The first-order valence-electron chi connectivity index (χ1n) is 3.60. The van der Waals surface area contributed by atoms with Crippen LogP contribution < -0.4 is 3.71 Å². The summed E-state index contributed by atoms with van der Waals surface area (Å²) < 4.78 is 21.0. The van der Waals surface area contributed by atoms with Gasteiger partial charge in [-0.15, -0.1) is 0 Å². The second-order valence-corrected chi connectivity index (χ2v) is 7.49. The molecule has 0 spiro atoms. The van der Waals surface area contributed by atoms with E-state index in [0.29, 0.717) is 17.6 Å². The molecule has 1 aromatic rings. The van der Waals surface area contributed by atoms with Gasteiger partial charge in [0.15, 0.2) is 0 Å². The molecular weight excluding hydrogens is 301 g/mol. The van der Waals surface area contributed by atoms with E-state index in [-0.39, 0.29) is 0 Å². The number of benzene rings is 1. The minimum Gasteiger partial charge on any atom is -0.754 e. The molecule has 0 saturated carbocycles. The van der Waals surface area contributed by atoms with Crippen LogP contribution in [0.2, 0.25) is 0 Å². The topological polar surface area (TPSA) is 43.4 Å². The SMILES string of the molecule is O=S([O-])N(SC(Cl)(Cl)Cl)c1ccccc1. The predicted molar refractivity (Wildman–Crippen MR) is 65.7 cm³/mol. The van der Waals surface area contributed by atoms with Gasteiger partial charge in [0.05, 0.1) is 17.0 Å². The summed E-state index contributed by atoms with van der Waals surface area (Å²) in [6.45, 7) is 0. The molecule has 0 aliphatic carbocycles. The Balaban J connectivity index is 2.90. The van der Waals surface area contributed by atoms with Crippen molar-refractivity contribution < 1.29 is 8.76 Å². The van der Waals surface area contributed by atoms with Gasteiger partial charge in [-0.3, -0.25) is 4.21 Å². The molecule has 0 bridgehead atoms. The molecule has 0 amide bonds. The van der Waals surface area contributed by atoms with Crippen LogP contribution in [-0.4, -0.2) is 11.9 Å². The lowest BCUT2D eigenvalue weighted by atomic mass is 10.3. The Hall–Kier alpha value is 0.350. The molecule has 8 heteroatoms. The van der Waals surface area contributed by atoms with Crippen molar-refractivity contribution in [3.63, 3.8) is 0 Å². The first-order chi connectivity index (χ1) is 6.90. The van der Waals surface area contributed by atoms with Gasteiger partial charge in [0, 0.05) is 11.9 Å². The Labute approximate surface area is 109 Å². The van der Waals surface area contributed by atoms with E-state index in [2.05, 4.69) is 0 Å². The Morgan fingerprint density at radius 3 is 2.20 bits per heavy atom. The van der Waals surface area contributed by atoms with E-state index >= 15 is 0 Å².